The molecular formula is C14H24N2O2S. The second-order valence-corrected chi connectivity index (χ2v) is 6.01. The highest BCUT2D eigenvalue weighted by atomic mass is 32.1. The monoisotopic (exact) mass is 284 g/mol. The SMILES string of the molecule is CCc1ncc(CNCCCOCC2CCCO2)s1. The summed E-state index contributed by atoms with van der Waals surface area (Å²) in [7, 11) is 0. The van der Waals surface area contributed by atoms with Crippen LogP contribution in [0.5, 0.6) is 0 Å². The maximum atomic E-state index is 5.62. The van der Waals surface area contributed by atoms with Crippen LogP contribution in [-0.4, -0.2) is 37.5 Å². The van der Waals surface area contributed by atoms with Crippen LogP contribution in [0.2, 0.25) is 0 Å². The number of nitrogens with zero attached hydrogens (tertiary/aromatic N) is 1. The number of rotatable bonds is 9. The minimum atomic E-state index is 0.345. The summed E-state index contributed by atoms with van der Waals surface area (Å²) >= 11 is 1.80. The number of aromatic nitrogens is 1. The van der Waals surface area contributed by atoms with E-state index in [-0.39, 0.29) is 0 Å². The minimum Gasteiger partial charge on any atom is -0.379 e. The molecule has 1 N–H and O–H groups in total. The summed E-state index contributed by atoms with van der Waals surface area (Å²) in [5.41, 5.74) is 0. The van der Waals surface area contributed by atoms with Gasteiger partial charge >= 0.3 is 0 Å². The molecule has 1 atom stereocenters. The van der Waals surface area contributed by atoms with Gasteiger partial charge in [0.05, 0.1) is 17.7 Å². The lowest BCUT2D eigenvalue weighted by Gasteiger charge is -2.10. The molecule has 0 saturated carbocycles. The zero-order valence-corrected chi connectivity index (χ0v) is 12.5. The van der Waals surface area contributed by atoms with Crippen LogP contribution < -0.4 is 5.32 Å². The van der Waals surface area contributed by atoms with Crippen molar-refractivity contribution < 1.29 is 9.47 Å². The van der Waals surface area contributed by atoms with Crippen molar-refractivity contribution in [3.05, 3.63) is 16.1 Å². The molecule has 0 spiro atoms. The van der Waals surface area contributed by atoms with Crippen molar-refractivity contribution in [2.24, 2.45) is 0 Å². The number of hydrogen-bond donors (Lipinski definition) is 1. The summed E-state index contributed by atoms with van der Waals surface area (Å²) in [5.74, 6) is 0. The van der Waals surface area contributed by atoms with Crippen molar-refractivity contribution in [3.63, 3.8) is 0 Å². The van der Waals surface area contributed by atoms with Gasteiger partial charge in [-0.3, -0.25) is 0 Å². The van der Waals surface area contributed by atoms with Gasteiger partial charge in [-0.2, -0.15) is 0 Å². The normalized spacial score (nSPS) is 19.1. The minimum absolute atomic E-state index is 0.345. The Morgan fingerprint density at radius 3 is 3.26 bits per heavy atom. The fraction of sp³-hybridized carbons (Fsp3) is 0.786. The van der Waals surface area contributed by atoms with E-state index in [0.29, 0.717) is 6.10 Å². The summed E-state index contributed by atoms with van der Waals surface area (Å²) in [6.07, 6.45) is 6.74. The number of aryl methyl sites for hydroxylation is 1. The zero-order valence-electron chi connectivity index (χ0n) is 11.7. The molecule has 108 valence electrons. The second kappa shape index (κ2) is 8.64. The highest BCUT2D eigenvalue weighted by molar-refractivity contribution is 7.11. The van der Waals surface area contributed by atoms with Crippen LogP contribution in [0.25, 0.3) is 0 Å². The highest BCUT2D eigenvalue weighted by Crippen LogP contribution is 2.13. The fourth-order valence-corrected chi connectivity index (χ4v) is 2.93. The van der Waals surface area contributed by atoms with Crippen LogP contribution in [0, 0.1) is 0 Å². The van der Waals surface area contributed by atoms with Gasteiger partial charge < -0.3 is 14.8 Å². The molecule has 0 radical (unpaired) electrons. The Bertz CT molecular complexity index is 351. The zero-order chi connectivity index (χ0) is 13.3. The summed E-state index contributed by atoms with van der Waals surface area (Å²) in [6.45, 7) is 6.53. The average molecular weight is 284 g/mol. The first-order valence-corrected chi connectivity index (χ1v) is 8.03. The molecule has 19 heavy (non-hydrogen) atoms. The van der Waals surface area contributed by atoms with Crippen LogP contribution in [-0.2, 0) is 22.4 Å². The van der Waals surface area contributed by atoms with E-state index in [4.69, 9.17) is 9.47 Å². The predicted octanol–water partition coefficient (Wildman–Crippen LogP) is 2.38. The molecular weight excluding hydrogens is 260 g/mol. The van der Waals surface area contributed by atoms with Crippen molar-refractivity contribution in [1.82, 2.24) is 10.3 Å². The van der Waals surface area contributed by atoms with E-state index < -0.39 is 0 Å². The van der Waals surface area contributed by atoms with Crippen molar-refractivity contribution >= 4 is 11.3 Å². The van der Waals surface area contributed by atoms with Gasteiger partial charge in [-0.1, -0.05) is 6.92 Å². The van der Waals surface area contributed by atoms with Crippen molar-refractivity contribution in [2.75, 3.05) is 26.4 Å². The van der Waals surface area contributed by atoms with Crippen LogP contribution in [0.1, 0.15) is 36.1 Å². The Balaban J connectivity index is 1.43. The first kappa shape index (κ1) is 14.9. The molecule has 4 nitrogen and oxygen atoms in total. The third-order valence-electron chi connectivity index (χ3n) is 3.17. The number of thiazole rings is 1. The van der Waals surface area contributed by atoms with Gasteiger partial charge in [0.15, 0.2) is 0 Å². The maximum absolute atomic E-state index is 5.62. The molecule has 0 aliphatic carbocycles. The summed E-state index contributed by atoms with van der Waals surface area (Å²) in [4.78, 5) is 5.66. The van der Waals surface area contributed by atoms with Crippen molar-refractivity contribution in [2.45, 2.75) is 45.3 Å². The molecule has 1 aliphatic heterocycles. The maximum Gasteiger partial charge on any atom is 0.0925 e. The molecule has 0 aromatic carbocycles. The van der Waals surface area contributed by atoms with Crippen LogP contribution >= 0.6 is 11.3 Å². The topological polar surface area (TPSA) is 43.4 Å². The van der Waals surface area contributed by atoms with Gasteiger partial charge in [0.1, 0.15) is 0 Å². The third-order valence-corrected chi connectivity index (χ3v) is 4.31. The van der Waals surface area contributed by atoms with Gasteiger partial charge in [-0.05, 0) is 32.2 Å². The van der Waals surface area contributed by atoms with E-state index in [1.165, 1.54) is 16.3 Å². The number of ether oxygens (including phenoxy) is 2. The first-order chi connectivity index (χ1) is 9.38. The molecule has 2 rings (SSSR count). The Hall–Kier alpha value is -0.490. The largest absolute Gasteiger partial charge is 0.379 e. The first-order valence-electron chi connectivity index (χ1n) is 7.22. The lowest BCUT2D eigenvalue weighted by atomic mass is 10.2. The van der Waals surface area contributed by atoms with Gasteiger partial charge in [0.2, 0.25) is 0 Å². The van der Waals surface area contributed by atoms with E-state index in [9.17, 15) is 0 Å². The molecule has 2 heterocycles. The molecule has 0 amide bonds. The van der Waals surface area contributed by atoms with E-state index >= 15 is 0 Å². The average Bonchev–Trinajstić information content (AvgIpc) is 3.08. The Morgan fingerprint density at radius 1 is 1.58 bits per heavy atom. The molecule has 1 aromatic rings. The van der Waals surface area contributed by atoms with Gasteiger partial charge in [-0.15, -0.1) is 11.3 Å². The molecule has 5 heteroatoms. The third kappa shape index (κ3) is 5.57. The molecule has 1 aliphatic rings. The number of hydrogen-bond acceptors (Lipinski definition) is 5. The quantitative estimate of drug-likeness (QED) is 0.707. The lowest BCUT2D eigenvalue weighted by molar-refractivity contribution is 0.0166. The van der Waals surface area contributed by atoms with Gasteiger partial charge in [0.25, 0.3) is 0 Å². The summed E-state index contributed by atoms with van der Waals surface area (Å²) < 4.78 is 11.1. The Kier molecular flexibility index (Phi) is 6.78. The van der Waals surface area contributed by atoms with Crippen molar-refractivity contribution in [3.8, 4) is 0 Å². The van der Waals surface area contributed by atoms with Gasteiger partial charge in [-0.25, -0.2) is 4.98 Å². The van der Waals surface area contributed by atoms with E-state index in [1.54, 1.807) is 11.3 Å². The second-order valence-electron chi connectivity index (χ2n) is 4.81. The summed E-state index contributed by atoms with van der Waals surface area (Å²) in [6, 6.07) is 0. The highest BCUT2D eigenvalue weighted by Gasteiger charge is 2.14. The molecule has 1 saturated heterocycles. The molecule has 1 unspecified atom stereocenters. The number of nitrogens with one attached hydrogen (secondary N) is 1. The van der Waals surface area contributed by atoms with E-state index in [2.05, 4.69) is 17.2 Å². The predicted molar refractivity (Wildman–Crippen MR) is 77.6 cm³/mol. The van der Waals surface area contributed by atoms with Crippen LogP contribution in [0.3, 0.4) is 0 Å². The Morgan fingerprint density at radius 2 is 2.53 bits per heavy atom. The summed E-state index contributed by atoms with van der Waals surface area (Å²) in [5, 5.41) is 4.65. The molecule has 0 bridgehead atoms. The molecule has 1 fully saturated rings. The van der Waals surface area contributed by atoms with Crippen molar-refractivity contribution in [1.29, 1.82) is 0 Å². The van der Waals surface area contributed by atoms with Gasteiger partial charge in [0, 0.05) is 30.8 Å². The van der Waals surface area contributed by atoms with Crippen LogP contribution in [0.4, 0.5) is 0 Å². The fourth-order valence-electron chi connectivity index (χ4n) is 2.09. The van der Waals surface area contributed by atoms with E-state index in [1.807, 2.05) is 6.20 Å². The lowest BCUT2D eigenvalue weighted by Crippen LogP contribution is -2.18. The van der Waals surface area contributed by atoms with E-state index in [0.717, 1.165) is 52.2 Å². The standard InChI is InChI=1S/C14H24N2O2S/c1-2-14-16-10-13(19-14)9-15-6-4-7-17-11-12-5-3-8-18-12/h10,12,15H,2-9,11H2,1H3. The molecule has 1 aromatic heterocycles. The van der Waals surface area contributed by atoms with Crippen LogP contribution in [0.15, 0.2) is 6.20 Å². The smallest absolute Gasteiger partial charge is 0.0925 e. The Labute approximate surface area is 119 Å².